The van der Waals surface area contributed by atoms with Gasteiger partial charge in [0.05, 0.1) is 5.52 Å². The van der Waals surface area contributed by atoms with Crippen LogP contribution in [0.4, 0.5) is 0 Å². The van der Waals surface area contributed by atoms with E-state index in [1.807, 2.05) is 30.5 Å². The Labute approximate surface area is 79.1 Å². The zero-order valence-electron chi connectivity index (χ0n) is 5.87. The van der Waals surface area contributed by atoms with Crippen LogP contribution in [0.5, 0.6) is 0 Å². The van der Waals surface area contributed by atoms with Gasteiger partial charge in [0.2, 0.25) is 0 Å². The quantitative estimate of drug-likeness (QED) is 0.726. The summed E-state index contributed by atoms with van der Waals surface area (Å²) in [5.74, 6) is 0. The molecule has 0 bridgehead atoms. The molecule has 0 saturated carbocycles. The molecule has 0 N–H and O–H groups in total. The molecule has 0 fully saturated rings. The first-order chi connectivity index (χ1) is 4.97. The van der Waals surface area contributed by atoms with Crippen molar-refractivity contribution in [3.05, 3.63) is 42.6 Å². The molecule has 2 aromatic rings. The Kier molecular flexibility index (Phi) is 2.76. The average Bonchev–Trinajstić information content (AvgIpc) is 2.05. The van der Waals surface area contributed by atoms with Gasteiger partial charge >= 0.3 is 0 Å². The van der Waals surface area contributed by atoms with E-state index in [-0.39, 0.29) is 20.4 Å². The number of aromatic nitrogens is 1. The number of para-hydroxylation sites is 1. The topological polar surface area (TPSA) is 12.9 Å². The van der Waals surface area contributed by atoms with E-state index in [9.17, 15) is 0 Å². The van der Waals surface area contributed by atoms with Crippen LogP contribution in [-0.2, 0) is 20.4 Å². The first kappa shape index (κ1) is 8.39. The van der Waals surface area contributed by atoms with E-state index in [4.69, 9.17) is 0 Å². The molecule has 55 valence electrons. The molecule has 0 unspecified atom stereocenters. The molecule has 0 saturated heterocycles. The van der Waals surface area contributed by atoms with Crippen LogP contribution in [0.1, 0.15) is 0 Å². The molecule has 11 heavy (non-hydrogen) atoms. The van der Waals surface area contributed by atoms with Crippen LogP contribution in [0.2, 0.25) is 0 Å². The Bertz CT molecular complexity index is 281. The van der Waals surface area contributed by atoms with Crippen molar-refractivity contribution < 1.29 is 20.4 Å². The normalized spacial score (nSPS) is 9.09. The first-order valence-corrected chi connectivity index (χ1v) is 3.26. The second kappa shape index (κ2) is 3.62. The number of nitrogens with zero attached hydrogens (tertiary/aromatic N) is 1. The molecular weight excluding hydrogens is 308 g/mol. The fraction of sp³-hybridized carbons (Fsp3) is 0. The van der Waals surface area contributed by atoms with Crippen LogP contribution >= 0.6 is 0 Å². The third-order valence-electron chi connectivity index (χ3n) is 1.51. The van der Waals surface area contributed by atoms with Crippen molar-refractivity contribution in [3.8, 4) is 0 Å². The van der Waals surface area contributed by atoms with Gasteiger partial charge in [-0.1, -0.05) is 24.3 Å². The van der Waals surface area contributed by atoms with Gasteiger partial charge in [0, 0.05) is 32.0 Å². The summed E-state index contributed by atoms with van der Waals surface area (Å²) in [6, 6.07) is 12.1. The second-order valence-electron chi connectivity index (χ2n) is 2.20. The molecule has 1 radical (unpaired) electrons. The van der Waals surface area contributed by atoms with Gasteiger partial charge in [0.25, 0.3) is 0 Å². The molecule has 0 amide bonds. The van der Waals surface area contributed by atoms with Crippen molar-refractivity contribution in [3.63, 3.8) is 0 Å². The molecule has 0 aliphatic heterocycles. The Morgan fingerprint density at radius 3 is 2.45 bits per heavy atom. The van der Waals surface area contributed by atoms with Crippen LogP contribution in [0.25, 0.3) is 10.9 Å². The van der Waals surface area contributed by atoms with E-state index < -0.39 is 0 Å². The summed E-state index contributed by atoms with van der Waals surface area (Å²) in [6.07, 6.45) is 1.81. The predicted molar refractivity (Wildman–Crippen MR) is 41.7 cm³/mol. The van der Waals surface area contributed by atoms with E-state index in [0.29, 0.717) is 0 Å². The molecule has 1 aromatic carbocycles. The average molecular weight is 315 g/mol. The number of fused-ring (bicyclic) bond motifs is 1. The number of rotatable bonds is 0. The van der Waals surface area contributed by atoms with Crippen LogP contribution in [-0.4, -0.2) is 4.98 Å². The van der Waals surface area contributed by atoms with Gasteiger partial charge in [0.15, 0.2) is 0 Å². The summed E-state index contributed by atoms with van der Waals surface area (Å²) in [5.41, 5.74) is 1.06. The standard InChI is InChI=1S/C9H7N.Re/c1-2-6-9-8(4-1)5-3-7-10-9;/h1-7H;. The van der Waals surface area contributed by atoms with Crippen LogP contribution in [0.3, 0.4) is 0 Å². The Hall–Kier alpha value is -0.708. The van der Waals surface area contributed by atoms with E-state index >= 15 is 0 Å². The zero-order chi connectivity index (χ0) is 6.81. The number of benzene rings is 1. The van der Waals surface area contributed by atoms with Gasteiger partial charge in [-0.3, -0.25) is 4.98 Å². The van der Waals surface area contributed by atoms with Crippen molar-refractivity contribution in [2.75, 3.05) is 0 Å². The predicted octanol–water partition coefficient (Wildman–Crippen LogP) is 2.23. The smallest absolute Gasteiger partial charge is 0.0701 e. The van der Waals surface area contributed by atoms with Gasteiger partial charge in [0.1, 0.15) is 0 Å². The second-order valence-corrected chi connectivity index (χ2v) is 2.20. The van der Waals surface area contributed by atoms with Gasteiger partial charge < -0.3 is 0 Å². The molecule has 0 spiro atoms. The van der Waals surface area contributed by atoms with Gasteiger partial charge in [-0.15, -0.1) is 0 Å². The molecule has 1 heterocycles. The molecule has 1 nitrogen and oxygen atoms in total. The maximum atomic E-state index is 4.18. The summed E-state index contributed by atoms with van der Waals surface area (Å²) < 4.78 is 0. The maximum Gasteiger partial charge on any atom is 0.0701 e. The minimum Gasteiger partial charge on any atom is -0.256 e. The number of pyridine rings is 1. The van der Waals surface area contributed by atoms with E-state index in [1.165, 1.54) is 5.39 Å². The monoisotopic (exact) mass is 316 g/mol. The number of hydrogen-bond acceptors (Lipinski definition) is 1. The van der Waals surface area contributed by atoms with E-state index in [1.54, 1.807) is 0 Å². The molecule has 0 aliphatic rings. The van der Waals surface area contributed by atoms with Crippen molar-refractivity contribution in [1.29, 1.82) is 0 Å². The molecule has 2 heteroatoms. The van der Waals surface area contributed by atoms with Gasteiger partial charge in [-0.2, -0.15) is 0 Å². The van der Waals surface area contributed by atoms with Crippen molar-refractivity contribution >= 4 is 10.9 Å². The minimum atomic E-state index is 0. The molecule has 1 aromatic heterocycles. The van der Waals surface area contributed by atoms with Crippen molar-refractivity contribution in [2.24, 2.45) is 0 Å². The molecule has 0 atom stereocenters. The molecular formula is C9H7NRe. The van der Waals surface area contributed by atoms with Gasteiger partial charge in [-0.25, -0.2) is 0 Å². The van der Waals surface area contributed by atoms with Crippen LogP contribution in [0, 0.1) is 0 Å². The largest absolute Gasteiger partial charge is 0.256 e. The van der Waals surface area contributed by atoms with Crippen LogP contribution in [0.15, 0.2) is 42.6 Å². The summed E-state index contributed by atoms with van der Waals surface area (Å²) in [4.78, 5) is 4.18. The first-order valence-electron chi connectivity index (χ1n) is 3.26. The maximum absolute atomic E-state index is 4.18. The third kappa shape index (κ3) is 1.65. The Morgan fingerprint density at radius 1 is 0.909 bits per heavy atom. The summed E-state index contributed by atoms with van der Waals surface area (Å²) >= 11 is 0. The fourth-order valence-electron chi connectivity index (χ4n) is 1.02. The molecule has 2 rings (SSSR count). The van der Waals surface area contributed by atoms with Crippen LogP contribution < -0.4 is 0 Å². The van der Waals surface area contributed by atoms with E-state index in [2.05, 4.69) is 17.1 Å². The summed E-state index contributed by atoms with van der Waals surface area (Å²) in [6.45, 7) is 0. The summed E-state index contributed by atoms with van der Waals surface area (Å²) in [7, 11) is 0. The summed E-state index contributed by atoms with van der Waals surface area (Å²) in [5, 5.41) is 1.20. The van der Waals surface area contributed by atoms with Crippen molar-refractivity contribution in [1.82, 2.24) is 4.98 Å². The molecule has 0 aliphatic carbocycles. The number of hydrogen-bond donors (Lipinski definition) is 0. The zero-order valence-corrected chi connectivity index (χ0v) is 8.58. The van der Waals surface area contributed by atoms with E-state index in [0.717, 1.165) is 5.52 Å². The minimum absolute atomic E-state index is 0. The Balaban J connectivity index is 0.000000605. The van der Waals surface area contributed by atoms with Crippen molar-refractivity contribution in [2.45, 2.75) is 0 Å². The third-order valence-corrected chi connectivity index (χ3v) is 1.51. The Morgan fingerprint density at radius 2 is 1.64 bits per heavy atom. The van der Waals surface area contributed by atoms with Gasteiger partial charge in [-0.05, 0) is 12.1 Å². The fourth-order valence-corrected chi connectivity index (χ4v) is 1.02. The SMILES string of the molecule is [Re].c1ccc2ncccc2c1.